The maximum atomic E-state index is 12.9. The van der Waals surface area contributed by atoms with Gasteiger partial charge in [0.05, 0.1) is 20.3 Å². The van der Waals surface area contributed by atoms with Crippen molar-refractivity contribution in [1.82, 2.24) is 29.6 Å². The Bertz CT molecular complexity index is 987. The van der Waals surface area contributed by atoms with E-state index in [4.69, 9.17) is 14.2 Å². The van der Waals surface area contributed by atoms with Gasteiger partial charge in [0, 0.05) is 13.7 Å². The summed E-state index contributed by atoms with van der Waals surface area (Å²) in [6.45, 7) is 3.91. The number of amides is 2. The highest BCUT2D eigenvalue weighted by molar-refractivity contribution is 7.90. The number of sulfonamides is 1. The molecule has 0 aliphatic rings. The van der Waals surface area contributed by atoms with Crippen molar-refractivity contribution in [2.45, 2.75) is 18.7 Å². The molecule has 15 heteroatoms. The monoisotopic (exact) mass is 442 g/mol. The summed E-state index contributed by atoms with van der Waals surface area (Å²) in [5, 5.41) is 5.02. The molecular weight excluding hydrogens is 420 g/mol. The zero-order chi connectivity index (χ0) is 22.1. The maximum Gasteiger partial charge on any atom is 0.335 e. The van der Waals surface area contributed by atoms with E-state index in [1.165, 1.54) is 14.2 Å². The van der Waals surface area contributed by atoms with Crippen molar-refractivity contribution in [2.24, 2.45) is 0 Å². The van der Waals surface area contributed by atoms with E-state index < -0.39 is 20.9 Å². The number of methoxy groups -OCH3 is 2. The molecule has 0 bridgehead atoms. The summed E-state index contributed by atoms with van der Waals surface area (Å²) in [5.74, 6) is -0.201. The van der Waals surface area contributed by atoms with Crippen molar-refractivity contribution >= 4 is 27.8 Å². The van der Waals surface area contributed by atoms with Gasteiger partial charge in [-0.15, -0.1) is 0 Å². The van der Waals surface area contributed by atoms with Gasteiger partial charge >= 0.3 is 12.0 Å². The Morgan fingerprint density at radius 3 is 2.60 bits per heavy atom. The largest absolute Gasteiger partial charge is 0.477 e. The van der Waals surface area contributed by atoms with Crippen LogP contribution in [0.1, 0.15) is 12.7 Å². The number of hydrogen-bond donors (Lipinski definition) is 3. The molecule has 2 amide bonds. The summed E-state index contributed by atoms with van der Waals surface area (Å²) in [7, 11) is -1.61. The third kappa shape index (κ3) is 6.08. The Morgan fingerprint density at radius 1 is 1.17 bits per heavy atom. The molecule has 0 spiro atoms. The minimum Gasteiger partial charge on any atom is -0.477 e. The first kappa shape index (κ1) is 23.0. The molecule has 0 atom stereocenters. The van der Waals surface area contributed by atoms with Gasteiger partial charge in [-0.25, -0.2) is 27.9 Å². The number of nitrogens with one attached hydrogen (secondary N) is 3. The van der Waals surface area contributed by atoms with E-state index in [-0.39, 0.29) is 42.6 Å². The average molecular weight is 442 g/mol. The lowest BCUT2D eigenvalue weighted by molar-refractivity contribution is 0.210. The van der Waals surface area contributed by atoms with Crippen LogP contribution in [0.2, 0.25) is 0 Å². The zero-order valence-corrected chi connectivity index (χ0v) is 17.6. The predicted octanol–water partition coefficient (Wildman–Crippen LogP) is -0.0540. The molecule has 0 fully saturated rings. The highest BCUT2D eigenvalue weighted by atomic mass is 32.2. The lowest BCUT2D eigenvalue weighted by Gasteiger charge is -2.15. The van der Waals surface area contributed by atoms with E-state index in [1.54, 1.807) is 13.8 Å². The minimum absolute atomic E-state index is 0.0413. The first-order valence-electron chi connectivity index (χ1n) is 8.61. The Hall–Kier alpha value is -3.33. The van der Waals surface area contributed by atoms with Gasteiger partial charge in [0.2, 0.25) is 11.8 Å². The predicted molar refractivity (Wildman–Crippen MR) is 104 cm³/mol. The van der Waals surface area contributed by atoms with Crippen LogP contribution in [-0.2, 0) is 14.8 Å². The van der Waals surface area contributed by atoms with Crippen molar-refractivity contribution in [3.8, 4) is 11.9 Å². The van der Waals surface area contributed by atoms with E-state index >= 15 is 0 Å². The van der Waals surface area contributed by atoms with Crippen LogP contribution in [-0.4, -0.2) is 73.3 Å². The zero-order valence-electron chi connectivity index (χ0n) is 16.8. The Morgan fingerprint density at radius 2 is 1.93 bits per heavy atom. The molecule has 0 saturated carbocycles. The molecule has 164 valence electrons. The van der Waals surface area contributed by atoms with Crippen LogP contribution >= 0.6 is 0 Å². The molecule has 0 saturated heterocycles. The second-order valence-electron chi connectivity index (χ2n) is 5.46. The maximum absolute atomic E-state index is 12.9. The molecule has 0 unspecified atom stereocenters. The van der Waals surface area contributed by atoms with Crippen LogP contribution in [0, 0.1) is 6.92 Å². The highest BCUT2D eigenvalue weighted by Gasteiger charge is 2.29. The van der Waals surface area contributed by atoms with Gasteiger partial charge < -0.3 is 19.5 Å². The van der Waals surface area contributed by atoms with Crippen LogP contribution < -0.4 is 24.8 Å². The molecular formula is C15H22N8O6S. The van der Waals surface area contributed by atoms with Gasteiger partial charge in [0.25, 0.3) is 10.0 Å². The van der Waals surface area contributed by atoms with Crippen molar-refractivity contribution in [2.75, 3.05) is 44.6 Å². The Kier molecular flexibility index (Phi) is 7.99. The van der Waals surface area contributed by atoms with Gasteiger partial charge in [-0.1, -0.05) is 0 Å². The van der Waals surface area contributed by atoms with Gasteiger partial charge in [-0.2, -0.15) is 15.0 Å². The van der Waals surface area contributed by atoms with E-state index in [0.717, 1.165) is 6.33 Å². The van der Waals surface area contributed by atoms with Crippen molar-refractivity contribution in [1.29, 1.82) is 0 Å². The number of aryl methyl sites for hydroxylation is 1. The van der Waals surface area contributed by atoms with Crippen LogP contribution in [0.15, 0.2) is 11.2 Å². The number of aromatic nitrogens is 5. The highest BCUT2D eigenvalue weighted by Crippen LogP contribution is 2.27. The summed E-state index contributed by atoms with van der Waals surface area (Å²) in [4.78, 5) is 31.2. The fourth-order valence-corrected chi connectivity index (χ4v) is 3.26. The number of carbonyl (C=O) groups excluding carboxylic acids is 1. The molecule has 2 aromatic heterocycles. The number of ether oxygens (including phenoxy) is 3. The molecule has 30 heavy (non-hydrogen) atoms. The number of anilines is 2. The smallest absolute Gasteiger partial charge is 0.335 e. The molecule has 2 rings (SSSR count). The second kappa shape index (κ2) is 10.4. The third-order valence-electron chi connectivity index (χ3n) is 3.28. The fourth-order valence-electron chi connectivity index (χ4n) is 2.14. The van der Waals surface area contributed by atoms with Crippen LogP contribution in [0.25, 0.3) is 0 Å². The number of carbonyl (C=O) groups is 1. The van der Waals surface area contributed by atoms with Crippen molar-refractivity contribution in [3.63, 3.8) is 0 Å². The minimum atomic E-state index is -4.44. The number of hydrogen-bond acceptors (Lipinski definition) is 12. The van der Waals surface area contributed by atoms with E-state index in [2.05, 4.69) is 35.6 Å². The number of rotatable bonds is 10. The number of nitrogens with zero attached hydrogens (tertiary/aromatic N) is 5. The topological polar surface area (TPSA) is 179 Å². The van der Waals surface area contributed by atoms with Crippen LogP contribution in [0.4, 0.5) is 16.6 Å². The normalized spacial score (nSPS) is 10.9. The van der Waals surface area contributed by atoms with Gasteiger partial charge in [0.15, 0.2) is 10.7 Å². The summed E-state index contributed by atoms with van der Waals surface area (Å²) in [6, 6.07) is -1.16. The van der Waals surface area contributed by atoms with Crippen molar-refractivity contribution < 1.29 is 27.4 Å². The number of urea groups is 1. The average Bonchev–Trinajstić information content (AvgIpc) is 2.67. The van der Waals surface area contributed by atoms with Crippen LogP contribution in [0.5, 0.6) is 11.9 Å². The summed E-state index contributed by atoms with van der Waals surface area (Å²) >= 11 is 0. The molecule has 2 heterocycles. The molecule has 0 radical (unpaired) electrons. The van der Waals surface area contributed by atoms with Crippen molar-refractivity contribution in [3.05, 3.63) is 12.2 Å². The quantitative estimate of drug-likeness (QED) is 0.418. The molecule has 3 N–H and O–H groups in total. The summed E-state index contributed by atoms with van der Waals surface area (Å²) in [5.41, 5.74) is 0. The first-order valence-corrected chi connectivity index (χ1v) is 10.1. The lowest BCUT2D eigenvalue weighted by Crippen LogP contribution is -2.36. The lowest BCUT2D eigenvalue weighted by atomic mass is 10.5. The third-order valence-corrected chi connectivity index (χ3v) is 4.64. The summed E-state index contributed by atoms with van der Waals surface area (Å²) in [6.07, 6.45) is 1.14. The molecule has 0 aliphatic carbocycles. The van der Waals surface area contributed by atoms with E-state index in [0.29, 0.717) is 6.61 Å². The van der Waals surface area contributed by atoms with Gasteiger partial charge in [0.1, 0.15) is 12.2 Å². The second-order valence-corrected chi connectivity index (χ2v) is 7.08. The molecule has 2 aromatic rings. The van der Waals surface area contributed by atoms with E-state index in [9.17, 15) is 13.2 Å². The van der Waals surface area contributed by atoms with Crippen LogP contribution in [0.3, 0.4) is 0 Å². The summed E-state index contributed by atoms with van der Waals surface area (Å²) < 4.78 is 42.8. The van der Waals surface area contributed by atoms with Gasteiger partial charge in [-0.3, -0.25) is 5.32 Å². The van der Waals surface area contributed by atoms with Gasteiger partial charge in [-0.05, 0) is 13.8 Å². The molecule has 0 aromatic carbocycles. The fraction of sp³-hybridized carbons (Fsp3) is 0.467. The standard InChI is InChI=1S/C15H22N8O6S/c1-5-29-12-10(11(17-8-18-12)16-6-7-27-3)30(25,26)23-14(24)21-13-19-9(2)20-15(22-13)28-4/h8H,5-7H2,1-4H3,(H,16,17,18)(H2,19,20,21,22,23,24). The molecule has 0 aliphatic heterocycles. The van der Waals surface area contributed by atoms with E-state index in [1.807, 2.05) is 4.72 Å². The molecule has 14 nitrogen and oxygen atoms in total. The SMILES string of the molecule is CCOc1ncnc(NCCOC)c1S(=O)(=O)NC(=O)Nc1nc(C)nc(OC)n1. The first-order chi connectivity index (χ1) is 14.3. The Labute approximate surface area is 172 Å². The Balaban J connectivity index is 2.29.